The van der Waals surface area contributed by atoms with Crippen LogP contribution >= 0.6 is 0 Å². The molecule has 0 aliphatic carbocycles. The highest BCUT2D eigenvalue weighted by atomic mass is 16.5. The first kappa shape index (κ1) is 29.8. The summed E-state index contributed by atoms with van der Waals surface area (Å²) in [6, 6.07) is 8.10. The summed E-state index contributed by atoms with van der Waals surface area (Å²) in [5.41, 5.74) is 2.06. The number of amides is 2. The standard InChI is InChI=1S/C33H44N2O5/c1-30(2,3)24-13-19(14-25(26(24)36)31(4,5)6)18-40-29(39)20-11-12-22-23(15-20)28(38)35(27(22)37)21-16-32(7,8)34-33(9,10)17-21/h11-15,21,34,36H,16-18H2,1-10H3. The molecule has 2 N–H and O–H groups in total. The van der Waals surface area contributed by atoms with Gasteiger partial charge < -0.3 is 15.2 Å². The molecule has 1 fully saturated rings. The monoisotopic (exact) mass is 548 g/mol. The Labute approximate surface area is 238 Å². The lowest BCUT2D eigenvalue weighted by Gasteiger charge is -2.48. The zero-order valence-corrected chi connectivity index (χ0v) is 25.6. The highest BCUT2D eigenvalue weighted by Crippen LogP contribution is 2.40. The van der Waals surface area contributed by atoms with Crippen molar-refractivity contribution in [3.05, 3.63) is 63.7 Å². The fraction of sp³-hybridized carbons (Fsp3) is 0.545. The van der Waals surface area contributed by atoms with E-state index in [9.17, 15) is 19.5 Å². The van der Waals surface area contributed by atoms with E-state index in [1.807, 2.05) is 53.7 Å². The maximum atomic E-state index is 13.5. The molecule has 0 saturated carbocycles. The number of rotatable bonds is 4. The van der Waals surface area contributed by atoms with Crippen LogP contribution in [0.5, 0.6) is 5.75 Å². The lowest BCUT2D eigenvalue weighted by Crippen LogP contribution is -2.62. The van der Waals surface area contributed by atoms with Crippen LogP contribution in [0.3, 0.4) is 0 Å². The summed E-state index contributed by atoms with van der Waals surface area (Å²) in [6.07, 6.45) is 1.30. The Balaban J connectivity index is 1.56. The second kappa shape index (κ2) is 9.72. The summed E-state index contributed by atoms with van der Waals surface area (Å²) < 4.78 is 5.67. The molecule has 1 saturated heterocycles. The van der Waals surface area contributed by atoms with Gasteiger partial charge in [-0.25, -0.2) is 4.79 Å². The van der Waals surface area contributed by atoms with E-state index < -0.39 is 5.97 Å². The maximum Gasteiger partial charge on any atom is 0.338 e. The van der Waals surface area contributed by atoms with Crippen LogP contribution in [0, 0.1) is 0 Å². The van der Waals surface area contributed by atoms with Gasteiger partial charge in [0.25, 0.3) is 11.8 Å². The van der Waals surface area contributed by atoms with Crippen LogP contribution in [0.25, 0.3) is 0 Å². The number of nitrogens with zero attached hydrogens (tertiary/aromatic N) is 1. The van der Waals surface area contributed by atoms with Crippen molar-refractivity contribution < 1.29 is 24.2 Å². The largest absolute Gasteiger partial charge is 0.507 e. The van der Waals surface area contributed by atoms with E-state index >= 15 is 0 Å². The Hall–Kier alpha value is -3.19. The predicted molar refractivity (Wildman–Crippen MR) is 156 cm³/mol. The number of phenolic OH excluding ortho intramolecular Hbond substituents is 1. The first-order valence-corrected chi connectivity index (χ1v) is 14.1. The van der Waals surface area contributed by atoms with E-state index in [1.54, 1.807) is 12.1 Å². The molecular weight excluding hydrogens is 504 g/mol. The van der Waals surface area contributed by atoms with Gasteiger partial charge in [0.2, 0.25) is 0 Å². The molecule has 2 aromatic rings. The van der Waals surface area contributed by atoms with Gasteiger partial charge in [-0.05, 0) is 98.4 Å². The predicted octanol–water partition coefficient (Wildman–Crippen LogP) is 6.25. The molecule has 0 spiro atoms. The number of imide groups is 1. The molecule has 4 rings (SSSR count). The van der Waals surface area contributed by atoms with Gasteiger partial charge >= 0.3 is 5.97 Å². The second-order valence-electron chi connectivity index (χ2n) is 14.8. The third-order valence-corrected chi connectivity index (χ3v) is 7.84. The van der Waals surface area contributed by atoms with E-state index in [0.29, 0.717) is 18.4 Å². The molecule has 40 heavy (non-hydrogen) atoms. The molecule has 216 valence electrons. The summed E-state index contributed by atoms with van der Waals surface area (Å²) in [4.78, 5) is 41.3. The molecule has 2 heterocycles. The second-order valence-corrected chi connectivity index (χ2v) is 14.8. The third kappa shape index (κ3) is 5.80. The molecule has 7 heteroatoms. The van der Waals surface area contributed by atoms with Gasteiger partial charge in [-0.1, -0.05) is 41.5 Å². The Morgan fingerprint density at radius 1 is 0.900 bits per heavy atom. The van der Waals surface area contributed by atoms with Crippen molar-refractivity contribution in [1.82, 2.24) is 10.2 Å². The van der Waals surface area contributed by atoms with Crippen molar-refractivity contribution in [3.8, 4) is 5.75 Å². The molecule has 2 amide bonds. The van der Waals surface area contributed by atoms with Gasteiger partial charge in [0.15, 0.2) is 0 Å². The van der Waals surface area contributed by atoms with Crippen molar-refractivity contribution in [1.29, 1.82) is 0 Å². The lowest BCUT2D eigenvalue weighted by atomic mass is 9.78. The summed E-state index contributed by atoms with van der Waals surface area (Å²) >= 11 is 0. The molecular formula is C33H44N2O5. The summed E-state index contributed by atoms with van der Waals surface area (Å²) in [5.74, 6) is -0.987. The molecule has 2 aliphatic rings. The van der Waals surface area contributed by atoms with Crippen LogP contribution in [0.1, 0.15) is 130 Å². The molecule has 7 nitrogen and oxygen atoms in total. The number of aromatic hydroxyl groups is 1. The molecule has 0 unspecified atom stereocenters. The van der Waals surface area contributed by atoms with Gasteiger partial charge in [0.1, 0.15) is 12.4 Å². The van der Waals surface area contributed by atoms with Crippen LogP contribution in [0.15, 0.2) is 30.3 Å². The Bertz CT molecular complexity index is 1320. The summed E-state index contributed by atoms with van der Waals surface area (Å²) in [5, 5.41) is 14.6. The van der Waals surface area contributed by atoms with Gasteiger partial charge in [-0.2, -0.15) is 0 Å². The van der Waals surface area contributed by atoms with Crippen molar-refractivity contribution in [2.75, 3.05) is 0 Å². The van der Waals surface area contributed by atoms with Crippen LogP contribution in [0.2, 0.25) is 0 Å². The Morgan fingerprint density at radius 2 is 1.40 bits per heavy atom. The van der Waals surface area contributed by atoms with Crippen LogP contribution < -0.4 is 5.32 Å². The number of carbonyl (C=O) groups excluding carboxylic acids is 3. The van der Waals surface area contributed by atoms with Gasteiger partial charge in [-0.3, -0.25) is 14.5 Å². The van der Waals surface area contributed by atoms with E-state index in [4.69, 9.17) is 4.74 Å². The molecule has 0 radical (unpaired) electrons. The number of hydrogen-bond donors (Lipinski definition) is 2. The minimum absolute atomic E-state index is 0.0145. The SMILES string of the molecule is CC1(C)CC(N2C(=O)c3ccc(C(=O)OCc4cc(C(C)(C)C)c(O)c(C(C)(C)C)c4)cc3C2=O)CC(C)(C)N1. The number of esters is 1. The fourth-order valence-corrected chi connectivity index (χ4v) is 6.32. The van der Waals surface area contributed by atoms with Gasteiger partial charge in [-0.15, -0.1) is 0 Å². The van der Waals surface area contributed by atoms with Crippen molar-refractivity contribution in [2.24, 2.45) is 0 Å². The average molecular weight is 549 g/mol. The third-order valence-electron chi connectivity index (χ3n) is 7.84. The van der Waals surface area contributed by atoms with E-state index in [1.165, 1.54) is 11.0 Å². The zero-order valence-electron chi connectivity index (χ0n) is 25.6. The van der Waals surface area contributed by atoms with Gasteiger partial charge in [0, 0.05) is 17.1 Å². The molecule has 0 aromatic heterocycles. The Morgan fingerprint density at radius 3 is 1.90 bits per heavy atom. The number of piperidine rings is 1. The minimum atomic E-state index is -0.576. The van der Waals surface area contributed by atoms with Crippen LogP contribution in [0.4, 0.5) is 0 Å². The van der Waals surface area contributed by atoms with E-state index in [0.717, 1.165) is 16.7 Å². The number of hydrogen-bond acceptors (Lipinski definition) is 6. The highest BCUT2D eigenvalue weighted by molar-refractivity contribution is 6.22. The quantitative estimate of drug-likeness (QED) is 0.346. The average Bonchev–Trinajstić information content (AvgIpc) is 3.04. The van der Waals surface area contributed by atoms with Crippen molar-refractivity contribution >= 4 is 17.8 Å². The van der Waals surface area contributed by atoms with Crippen LogP contribution in [-0.2, 0) is 22.2 Å². The van der Waals surface area contributed by atoms with E-state index in [-0.39, 0.29) is 63.2 Å². The van der Waals surface area contributed by atoms with Gasteiger partial charge in [0.05, 0.1) is 16.7 Å². The number of carbonyl (C=O) groups is 3. The number of ether oxygens (including phenoxy) is 1. The minimum Gasteiger partial charge on any atom is -0.507 e. The Kier molecular flexibility index (Phi) is 7.24. The van der Waals surface area contributed by atoms with Crippen molar-refractivity contribution in [3.63, 3.8) is 0 Å². The zero-order chi connectivity index (χ0) is 30.0. The van der Waals surface area contributed by atoms with Crippen molar-refractivity contribution in [2.45, 2.75) is 117 Å². The summed E-state index contributed by atoms with van der Waals surface area (Å²) in [7, 11) is 0. The maximum absolute atomic E-state index is 13.5. The molecule has 2 aromatic carbocycles. The van der Waals surface area contributed by atoms with Crippen LogP contribution in [-0.4, -0.2) is 44.9 Å². The number of fused-ring (bicyclic) bond motifs is 1. The number of phenols is 1. The topological polar surface area (TPSA) is 95.9 Å². The molecule has 0 atom stereocenters. The smallest absolute Gasteiger partial charge is 0.338 e. The fourth-order valence-electron chi connectivity index (χ4n) is 6.32. The number of nitrogens with one attached hydrogen (secondary N) is 1. The summed E-state index contributed by atoms with van der Waals surface area (Å²) in [6.45, 7) is 20.5. The van der Waals surface area contributed by atoms with E-state index in [2.05, 4.69) is 33.0 Å². The molecule has 2 aliphatic heterocycles. The molecule has 0 bridgehead atoms. The lowest BCUT2D eigenvalue weighted by molar-refractivity contribution is 0.0411. The first-order chi connectivity index (χ1) is 18.2. The normalized spacial score (nSPS) is 19.1. The highest BCUT2D eigenvalue weighted by Gasteiger charge is 2.47. The number of benzene rings is 2. The first-order valence-electron chi connectivity index (χ1n) is 14.1.